The number of ether oxygens (including phenoxy) is 7. The highest BCUT2D eigenvalue weighted by Gasteiger charge is 2.51. The zero-order valence-corrected chi connectivity index (χ0v) is 33.5. The number of carbonyl (C=O) groups is 7. The van der Waals surface area contributed by atoms with Gasteiger partial charge in [-0.05, 0) is 38.9 Å². The van der Waals surface area contributed by atoms with E-state index in [4.69, 9.17) is 68.0 Å². The Hall–Kier alpha value is -2.93. The summed E-state index contributed by atoms with van der Waals surface area (Å²) >= 11 is 18.1. The predicted molar refractivity (Wildman–Crippen MR) is 189 cm³/mol. The average Bonchev–Trinajstić information content (AvgIpc) is 3.01. The van der Waals surface area contributed by atoms with Gasteiger partial charge in [0.15, 0.2) is 12.2 Å². The van der Waals surface area contributed by atoms with Gasteiger partial charge < -0.3 is 49.1 Å². The van der Waals surface area contributed by atoms with Crippen molar-refractivity contribution in [3.8, 4) is 0 Å². The minimum Gasteiger partial charge on any atom is -0.467 e. The quantitative estimate of drug-likeness (QED) is 0.116. The van der Waals surface area contributed by atoms with Crippen molar-refractivity contribution < 1.29 is 66.7 Å². The maximum atomic E-state index is 13.6. The van der Waals surface area contributed by atoms with Crippen LogP contribution in [0.3, 0.4) is 0 Å². The molecule has 3 amide bonds. The number of carbonyl (C=O) groups excluding carboxylic acids is 7. The number of amides is 3. The minimum absolute atomic E-state index is 0.00252. The predicted octanol–water partition coefficient (Wildman–Crippen LogP) is 3.32. The van der Waals surface area contributed by atoms with Crippen LogP contribution in [-0.2, 0) is 57.1 Å². The number of hydrogen-bond donors (Lipinski definition) is 3. The van der Waals surface area contributed by atoms with Crippen LogP contribution in [0, 0.1) is 5.92 Å². The average molecular weight is 825 g/mol. The molecule has 1 aliphatic heterocycles. The number of halogens is 3. The van der Waals surface area contributed by atoms with Crippen LogP contribution >= 0.6 is 46.6 Å². The van der Waals surface area contributed by atoms with E-state index in [2.05, 4.69) is 16.0 Å². The Balaban J connectivity index is 3.52. The first-order chi connectivity index (χ1) is 24.0. The fourth-order valence-corrected chi connectivity index (χ4v) is 6.01. The van der Waals surface area contributed by atoms with Gasteiger partial charge in [0.25, 0.3) is 0 Å². The van der Waals surface area contributed by atoms with Gasteiger partial charge in [0.1, 0.15) is 48.5 Å². The Labute approximate surface area is 321 Å². The molecule has 21 heteroatoms. The van der Waals surface area contributed by atoms with Crippen LogP contribution < -0.4 is 16.0 Å². The third-order valence-corrected chi connectivity index (χ3v) is 8.55. The van der Waals surface area contributed by atoms with Gasteiger partial charge in [-0.2, -0.15) is 0 Å². The monoisotopic (exact) mass is 823 g/mol. The Morgan fingerprint density at radius 2 is 1.46 bits per heavy atom. The summed E-state index contributed by atoms with van der Waals surface area (Å²) in [4.78, 5) is 87.9. The van der Waals surface area contributed by atoms with E-state index in [9.17, 15) is 33.6 Å². The van der Waals surface area contributed by atoms with E-state index in [0.29, 0.717) is 6.42 Å². The molecule has 1 aliphatic rings. The van der Waals surface area contributed by atoms with Gasteiger partial charge in [0.2, 0.25) is 9.70 Å². The van der Waals surface area contributed by atoms with Crippen molar-refractivity contribution in [3.05, 3.63) is 0 Å². The van der Waals surface area contributed by atoms with E-state index in [1.54, 1.807) is 27.7 Å². The fourth-order valence-electron chi connectivity index (χ4n) is 4.59. The van der Waals surface area contributed by atoms with Crippen molar-refractivity contribution >= 4 is 88.5 Å². The molecule has 52 heavy (non-hydrogen) atoms. The maximum Gasteiger partial charge on any atom is 0.408 e. The van der Waals surface area contributed by atoms with Crippen LogP contribution in [0.2, 0.25) is 0 Å². The lowest BCUT2D eigenvalue weighted by atomic mass is 9.97. The summed E-state index contributed by atoms with van der Waals surface area (Å²) in [5.41, 5.74) is -2.09. The van der Waals surface area contributed by atoms with Gasteiger partial charge in [0.05, 0.1) is 7.11 Å². The van der Waals surface area contributed by atoms with Gasteiger partial charge in [0, 0.05) is 20.8 Å². The lowest BCUT2D eigenvalue weighted by Crippen LogP contribution is -2.65. The summed E-state index contributed by atoms with van der Waals surface area (Å²) in [7, 11) is 1.18. The molecule has 1 saturated heterocycles. The molecular weight excluding hydrogens is 777 g/mol. The number of alkyl halides is 3. The van der Waals surface area contributed by atoms with Crippen molar-refractivity contribution in [1.29, 1.82) is 0 Å². The van der Waals surface area contributed by atoms with Crippen molar-refractivity contribution in [2.45, 2.75) is 119 Å². The van der Waals surface area contributed by atoms with Gasteiger partial charge in [-0.25, -0.2) is 14.4 Å². The molecule has 0 radical (unpaired) electrons. The Kier molecular flexibility index (Phi) is 19.6. The third-order valence-electron chi connectivity index (χ3n) is 7.01. The highest BCUT2D eigenvalue weighted by atomic mass is 35.6. The largest absolute Gasteiger partial charge is 0.467 e. The number of methoxy groups -OCH3 is 1. The van der Waals surface area contributed by atoms with E-state index in [1.165, 1.54) is 7.11 Å². The zero-order valence-electron chi connectivity index (χ0n) is 30.4. The highest BCUT2D eigenvalue weighted by molar-refractivity contribution is 7.99. The molecule has 298 valence electrons. The van der Waals surface area contributed by atoms with Crippen LogP contribution in [0.5, 0.6) is 0 Å². The topological polar surface area (TPSA) is 220 Å². The number of thioether (sulfide) groups is 1. The Morgan fingerprint density at radius 3 is 1.96 bits per heavy atom. The minimum atomic E-state index is -1.97. The van der Waals surface area contributed by atoms with Gasteiger partial charge in [-0.15, -0.1) is 11.8 Å². The molecule has 17 nitrogen and oxygen atoms in total. The van der Waals surface area contributed by atoms with Gasteiger partial charge >= 0.3 is 36.1 Å². The summed E-state index contributed by atoms with van der Waals surface area (Å²) < 4.78 is 35.5. The first-order valence-electron chi connectivity index (χ1n) is 16.1. The molecule has 0 aromatic carbocycles. The maximum absolute atomic E-state index is 13.6. The molecule has 0 unspecified atom stereocenters. The van der Waals surface area contributed by atoms with Crippen LogP contribution in [0.15, 0.2) is 0 Å². The molecule has 0 saturated carbocycles. The first kappa shape index (κ1) is 47.1. The van der Waals surface area contributed by atoms with E-state index in [0.717, 1.165) is 32.5 Å². The number of nitrogens with one attached hydrogen (secondary N) is 3. The lowest BCUT2D eigenvalue weighted by molar-refractivity contribution is -0.211. The molecule has 8 atom stereocenters. The lowest BCUT2D eigenvalue weighted by Gasteiger charge is -2.45. The molecule has 1 rings (SSSR count). The first-order valence-corrected chi connectivity index (χ1v) is 18.3. The summed E-state index contributed by atoms with van der Waals surface area (Å²) in [5.74, 6) is -4.08. The van der Waals surface area contributed by atoms with E-state index in [1.807, 2.05) is 6.92 Å². The van der Waals surface area contributed by atoms with E-state index < -0.39 is 106 Å². The number of esters is 4. The highest BCUT2D eigenvalue weighted by Crippen LogP contribution is 2.33. The molecule has 0 bridgehead atoms. The van der Waals surface area contributed by atoms with Crippen LogP contribution in [0.25, 0.3) is 0 Å². The molecule has 3 N–H and O–H groups in total. The second kappa shape index (κ2) is 21.7. The van der Waals surface area contributed by atoms with Gasteiger partial charge in [-0.3, -0.25) is 19.2 Å². The molecule has 0 aromatic heterocycles. The second-order valence-electron chi connectivity index (χ2n) is 12.6. The van der Waals surface area contributed by atoms with E-state index >= 15 is 0 Å². The fraction of sp³-hybridized carbons (Fsp3) is 0.774. The molecular formula is C31H48Cl3N3O14S. The molecule has 0 aliphatic carbocycles. The number of alkyl carbamates (subject to hydrolysis) is 2. The zero-order chi connectivity index (χ0) is 40.0. The summed E-state index contributed by atoms with van der Waals surface area (Å²) in [5, 5.41) is 7.65. The molecule has 0 aromatic rings. The van der Waals surface area contributed by atoms with Gasteiger partial charge in [-0.1, -0.05) is 55.1 Å². The molecule has 1 heterocycles. The van der Waals surface area contributed by atoms with Crippen LogP contribution in [0.4, 0.5) is 9.59 Å². The Morgan fingerprint density at radius 1 is 0.865 bits per heavy atom. The summed E-state index contributed by atoms with van der Waals surface area (Å²) in [6.07, 6.45) is -5.70. The summed E-state index contributed by atoms with van der Waals surface area (Å²) in [6.45, 7) is 10.6. The summed E-state index contributed by atoms with van der Waals surface area (Å²) in [6, 6.07) is -3.62. The van der Waals surface area contributed by atoms with E-state index in [-0.39, 0.29) is 18.1 Å². The molecule has 0 spiro atoms. The van der Waals surface area contributed by atoms with Crippen molar-refractivity contribution in [1.82, 2.24) is 16.0 Å². The smallest absolute Gasteiger partial charge is 0.408 e. The number of rotatable bonds is 16. The second-order valence-corrected chi connectivity index (χ2v) is 16.3. The van der Waals surface area contributed by atoms with Crippen molar-refractivity contribution in [2.75, 3.05) is 26.1 Å². The Bertz CT molecular complexity index is 1270. The number of hydrogen-bond acceptors (Lipinski definition) is 15. The van der Waals surface area contributed by atoms with Crippen molar-refractivity contribution in [2.24, 2.45) is 5.92 Å². The third kappa shape index (κ3) is 17.7. The van der Waals surface area contributed by atoms with Crippen LogP contribution in [-0.4, -0.2) is 119 Å². The standard InChI is InChI=1S/C31H48Cl3N3O14S/c1-10-15(2)21(26(42)45-9)36-25(41)19(35-29(44)51-30(6,7)8)11-12-52-27-22(37-28(43)47-14-31(32,33)34)24(49-18(5)40)23(48-17(4)39)20(50-27)13-46-16(3)38/h15,19-24,27H,10-14H2,1-9H3,(H,35,44)(H,36,41)(H,37,43)/t15-,19-,20+,21-,22+,23-,24+,27-/m0/s1. The molecule has 1 fully saturated rings. The SMILES string of the molecule is CC[C@H](C)[C@H](NC(=O)[C@H](CCS[C@@H]1O[C@H](COC(C)=O)[C@H](OC(C)=O)[C@H](OC(C)=O)[C@H]1NC(=O)OCC(Cl)(Cl)Cl)NC(=O)OC(C)(C)C)C(=O)OC. The van der Waals surface area contributed by atoms with Crippen LogP contribution in [0.1, 0.15) is 68.2 Å². The normalized spacial score (nSPS) is 22.0. The van der Waals surface area contributed by atoms with Crippen molar-refractivity contribution in [3.63, 3.8) is 0 Å².